The van der Waals surface area contributed by atoms with Crippen LogP contribution in [0.3, 0.4) is 0 Å². The van der Waals surface area contributed by atoms with Gasteiger partial charge in [0, 0.05) is 19.3 Å². The van der Waals surface area contributed by atoms with Gasteiger partial charge in [-0.15, -0.1) is 0 Å². The molecule has 1 aliphatic rings. The molecule has 1 aromatic rings. The monoisotopic (exact) mass is 247 g/mol. The fourth-order valence-electron chi connectivity index (χ4n) is 2.90. The summed E-state index contributed by atoms with van der Waals surface area (Å²) in [5, 5.41) is 3.51. The quantitative estimate of drug-likeness (QED) is 0.862. The molecular formula is C16H25NO. The standard InChI is InChI=1S/C16H25NO/c1-13(15-6-4-3-5-7-15)16(17-2)12-14-8-10-18-11-9-14/h3-7,13-14,16-17H,8-12H2,1-2H3. The first-order valence-electron chi connectivity index (χ1n) is 7.11. The van der Waals surface area contributed by atoms with E-state index in [1.165, 1.54) is 24.8 Å². The Morgan fingerprint density at radius 2 is 1.89 bits per heavy atom. The predicted octanol–water partition coefficient (Wildman–Crippen LogP) is 3.19. The van der Waals surface area contributed by atoms with E-state index in [2.05, 4.69) is 49.6 Å². The van der Waals surface area contributed by atoms with Crippen molar-refractivity contribution < 1.29 is 4.74 Å². The Balaban J connectivity index is 1.95. The van der Waals surface area contributed by atoms with Gasteiger partial charge in [0.2, 0.25) is 0 Å². The predicted molar refractivity (Wildman–Crippen MR) is 75.9 cm³/mol. The van der Waals surface area contributed by atoms with E-state index in [0.29, 0.717) is 12.0 Å². The number of benzene rings is 1. The highest BCUT2D eigenvalue weighted by atomic mass is 16.5. The molecule has 0 amide bonds. The van der Waals surface area contributed by atoms with Crippen LogP contribution in [-0.2, 0) is 4.74 Å². The molecule has 2 unspecified atom stereocenters. The zero-order chi connectivity index (χ0) is 12.8. The van der Waals surface area contributed by atoms with Gasteiger partial charge in [0.25, 0.3) is 0 Å². The van der Waals surface area contributed by atoms with E-state index in [1.807, 2.05) is 0 Å². The van der Waals surface area contributed by atoms with Gasteiger partial charge < -0.3 is 10.1 Å². The van der Waals surface area contributed by atoms with Crippen LogP contribution < -0.4 is 5.32 Å². The average Bonchev–Trinajstić information content (AvgIpc) is 2.46. The van der Waals surface area contributed by atoms with Crippen molar-refractivity contribution in [1.82, 2.24) is 5.32 Å². The van der Waals surface area contributed by atoms with Crippen LogP contribution in [0.15, 0.2) is 30.3 Å². The first-order valence-corrected chi connectivity index (χ1v) is 7.11. The minimum atomic E-state index is 0.565. The Labute approximate surface area is 111 Å². The molecule has 2 rings (SSSR count). The number of rotatable bonds is 5. The first kappa shape index (κ1) is 13.6. The third-order valence-electron chi connectivity index (χ3n) is 4.23. The molecule has 1 saturated heterocycles. The molecule has 1 aromatic carbocycles. The van der Waals surface area contributed by atoms with Gasteiger partial charge in [-0.05, 0) is 43.7 Å². The van der Waals surface area contributed by atoms with E-state index in [4.69, 9.17) is 4.74 Å². The lowest BCUT2D eigenvalue weighted by Gasteiger charge is -2.30. The van der Waals surface area contributed by atoms with E-state index < -0.39 is 0 Å². The van der Waals surface area contributed by atoms with Crippen molar-refractivity contribution in [3.05, 3.63) is 35.9 Å². The van der Waals surface area contributed by atoms with Crippen LogP contribution in [0.25, 0.3) is 0 Å². The van der Waals surface area contributed by atoms with Gasteiger partial charge in [-0.3, -0.25) is 0 Å². The average molecular weight is 247 g/mol. The van der Waals surface area contributed by atoms with Crippen molar-refractivity contribution in [2.24, 2.45) is 5.92 Å². The molecule has 1 heterocycles. The SMILES string of the molecule is CNC(CC1CCOCC1)C(C)c1ccccc1. The maximum Gasteiger partial charge on any atom is 0.0468 e. The normalized spacial score (nSPS) is 20.6. The summed E-state index contributed by atoms with van der Waals surface area (Å²) >= 11 is 0. The molecule has 0 aromatic heterocycles. The first-order chi connectivity index (χ1) is 8.81. The molecular weight excluding hydrogens is 222 g/mol. The lowest BCUT2D eigenvalue weighted by molar-refractivity contribution is 0.0599. The summed E-state index contributed by atoms with van der Waals surface area (Å²) in [7, 11) is 2.09. The summed E-state index contributed by atoms with van der Waals surface area (Å²) in [5.74, 6) is 1.39. The van der Waals surface area contributed by atoms with Crippen LogP contribution in [0.4, 0.5) is 0 Å². The molecule has 1 aliphatic heterocycles. The number of hydrogen-bond donors (Lipinski definition) is 1. The van der Waals surface area contributed by atoms with Crippen molar-refractivity contribution in [3.63, 3.8) is 0 Å². The Hall–Kier alpha value is -0.860. The van der Waals surface area contributed by atoms with E-state index in [0.717, 1.165) is 19.1 Å². The molecule has 0 spiro atoms. The van der Waals surface area contributed by atoms with Gasteiger partial charge in [-0.2, -0.15) is 0 Å². The summed E-state index contributed by atoms with van der Waals surface area (Å²) in [5.41, 5.74) is 1.43. The third-order valence-corrected chi connectivity index (χ3v) is 4.23. The Bertz CT molecular complexity index is 332. The lowest BCUT2D eigenvalue weighted by atomic mass is 9.84. The van der Waals surface area contributed by atoms with E-state index in [1.54, 1.807) is 0 Å². The fraction of sp³-hybridized carbons (Fsp3) is 0.625. The highest BCUT2D eigenvalue weighted by Crippen LogP contribution is 2.27. The maximum absolute atomic E-state index is 5.44. The second kappa shape index (κ2) is 6.91. The minimum Gasteiger partial charge on any atom is -0.381 e. The van der Waals surface area contributed by atoms with Crippen LogP contribution in [-0.4, -0.2) is 26.3 Å². The fourth-order valence-corrected chi connectivity index (χ4v) is 2.90. The molecule has 18 heavy (non-hydrogen) atoms. The zero-order valence-corrected chi connectivity index (χ0v) is 11.6. The summed E-state index contributed by atoms with van der Waals surface area (Å²) < 4.78 is 5.44. The van der Waals surface area contributed by atoms with Gasteiger partial charge in [0.05, 0.1) is 0 Å². The number of ether oxygens (including phenoxy) is 1. The highest BCUT2D eigenvalue weighted by molar-refractivity contribution is 5.20. The second-order valence-corrected chi connectivity index (χ2v) is 5.39. The van der Waals surface area contributed by atoms with Crippen LogP contribution in [0.2, 0.25) is 0 Å². The minimum absolute atomic E-state index is 0.565. The van der Waals surface area contributed by atoms with E-state index >= 15 is 0 Å². The molecule has 2 heteroatoms. The van der Waals surface area contributed by atoms with Crippen molar-refractivity contribution >= 4 is 0 Å². The molecule has 100 valence electrons. The Kier molecular flexibility index (Phi) is 5.21. The van der Waals surface area contributed by atoms with Crippen LogP contribution >= 0.6 is 0 Å². The number of hydrogen-bond acceptors (Lipinski definition) is 2. The molecule has 1 fully saturated rings. The van der Waals surface area contributed by atoms with Crippen molar-refractivity contribution in [3.8, 4) is 0 Å². The van der Waals surface area contributed by atoms with Gasteiger partial charge in [0.1, 0.15) is 0 Å². The van der Waals surface area contributed by atoms with Crippen molar-refractivity contribution in [2.75, 3.05) is 20.3 Å². The number of likely N-dealkylation sites (N-methyl/N-ethyl adjacent to an activating group) is 1. The van der Waals surface area contributed by atoms with Crippen LogP contribution in [0.5, 0.6) is 0 Å². The largest absolute Gasteiger partial charge is 0.381 e. The number of nitrogens with one attached hydrogen (secondary N) is 1. The molecule has 0 radical (unpaired) electrons. The second-order valence-electron chi connectivity index (χ2n) is 5.39. The summed E-state index contributed by atoms with van der Waals surface area (Å²) in [6.07, 6.45) is 3.70. The Morgan fingerprint density at radius 1 is 1.22 bits per heavy atom. The third kappa shape index (κ3) is 3.56. The van der Waals surface area contributed by atoms with Crippen LogP contribution in [0.1, 0.15) is 37.7 Å². The summed E-state index contributed by atoms with van der Waals surface area (Å²) in [6, 6.07) is 11.4. The maximum atomic E-state index is 5.44. The lowest BCUT2D eigenvalue weighted by Crippen LogP contribution is -2.34. The van der Waals surface area contributed by atoms with Crippen molar-refractivity contribution in [1.29, 1.82) is 0 Å². The Morgan fingerprint density at radius 3 is 2.50 bits per heavy atom. The zero-order valence-electron chi connectivity index (χ0n) is 11.6. The molecule has 0 saturated carbocycles. The van der Waals surface area contributed by atoms with Gasteiger partial charge in [-0.1, -0.05) is 37.3 Å². The molecule has 1 N–H and O–H groups in total. The molecule has 0 bridgehead atoms. The molecule has 2 atom stereocenters. The highest BCUT2D eigenvalue weighted by Gasteiger charge is 2.23. The van der Waals surface area contributed by atoms with E-state index in [9.17, 15) is 0 Å². The van der Waals surface area contributed by atoms with Crippen molar-refractivity contribution in [2.45, 2.75) is 38.1 Å². The summed E-state index contributed by atoms with van der Waals surface area (Å²) in [4.78, 5) is 0. The van der Waals surface area contributed by atoms with Gasteiger partial charge in [0.15, 0.2) is 0 Å². The summed E-state index contributed by atoms with van der Waals surface area (Å²) in [6.45, 7) is 4.22. The smallest absolute Gasteiger partial charge is 0.0468 e. The van der Waals surface area contributed by atoms with E-state index in [-0.39, 0.29) is 0 Å². The topological polar surface area (TPSA) is 21.3 Å². The van der Waals surface area contributed by atoms with Crippen LogP contribution in [0, 0.1) is 5.92 Å². The van der Waals surface area contributed by atoms with Gasteiger partial charge in [-0.25, -0.2) is 0 Å². The van der Waals surface area contributed by atoms with Gasteiger partial charge >= 0.3 is 0 Å². The molecule has 2 nitrogen and oxygen atoms in total. The molecule has 0 aliphatic carbocycles.